The lowest BCUT2D eigenvalue weighted by Crippen LogP contribution is -2.30. The van der Waals surface area contributed by atoms with Gasteiger partial charge in [-0.05, 0) is 180 Å². The molecule has 0 saturated heterocycles. The van der Waals surface area contributed by atoms with Crippen molar-refractivity contribution >= 4 is 47.8 Å². The summed E-state index contributed by atoms with van der Waals surface area (Å²) in [6.45, 7) is 3.93. The molecule has 16 heteroatoms. The van der Waals surface area contributed by atoms with Crippen LogP contribution >= 0.6 is 0 Å². The van der Waals surface area contributed by atoms with E-state index in [1.807, 2.05) is 0 Å². The molecule has 0 heterocycles. The van der Waals surface area contributed by atoms with Crippen molar-refractivity contribution < 1.29 is 77.0 Å². The highest BCUT2D eigenvalue weighted by atomic mass is 16.6. The number of esters is 6. The Hall–Kier alpha value is -5.54. The number of carboxylic acids is 2. The fourth-order valence-electron chi connectivity index (χ4n) is 13.5. The minimum atomic E-state index is -0.857. The molecule has 0 aromatic heterocycles. The number of hydrogen-bond donors (Lipinski definition) is 2. The minimum Gasteiger partial charge on any atom is -0.481 e. The smallest absolute Gasteiger partial charge is 0.306 e. The molecule has 2 unspecified atom stereocenters. The minimum absolute atomic E-state index is 0.142. The van der Waals surface area contributed by atoms with Gasteiger partial charge in [-0.3, -0.25) is 38.4 Å². The molecule has 16 nitrogen and oxygen atoms in total. The van der Waals surface area contributed by atoms with E-state index >= 15 is 0 Å². The molecule has 2 atom stereocenters. The summed E-state index contributed by atoms with van der Waals surface area (Å²) in [7, 11) is 0. The van der Waals surface area contributed by atoms with Crippen molar-refractivity contribution in [2.75, 3.05) is 26.4 Å². The summed E-state index contributed by atoms with van der Waals surface area (Å²) in [4.78, 5) is 98.7. The average Bonchev–Trinajstić information content (AvgIpc) is 0.948. The fourth-order valence-corrected chi connectivity index (χ4v) is 13.5. The van der Waals surface area contributed by atoms with Gasteiger partial charge in [0.05, 0.1) is 0 Å². The van der Waals surface area contributed by atoms with Crippen molar-refractivity contribution in [3.63, 3.8) is 0 Å². The number of unbranched alkanes of at least 4 members (excludes halogenated alkanes) is 52. The van der Waals surface area contributed by atoms with Crippen molar-refractivity contribution in [3.8, 4) is 0 Å². The SMILES string of the molecule is CCCCCCCC/C=C\CCCCCCCC(=O)OCC(COC(=O)CCCCCCCC=CCCCCCCCC(=O)O)OC(=O)CCCCCCCC=CCCCCCCCC(=O)OC(COC(=O)CCCCCCCC=CCCCCCCCC(=O)O)COC(=O)CCCCCCC/C=C\CCCCCCCC. The summed E-state index contributed by atoms with van der Waals surface area (Å²) in [6, 6.07) is 0. The standard InChI is InChI=1S/C96H168O16/c1-3-5-7-9-11-13-15-17-19-29-37-45-53-61-69-77-91(101)107-83-87(85-109-93(103)79-71-63-55-47-39-31-23-21-27-35-43-51-59-67-75-89(97)98)111-95(105)81-73-65-57-49-41-33-25-26-34-42-50-58-66-74-82-96(106)112-88(84-108-92(102)78-70-62-54-46-38-30-20-18-16-14-12-10-8-6-4-2)86-110-94(104)80-72-64-56-48-40-32-24-22-28-36-44-52-60-68-76-90(99)100/h17-26,87-88H,3-16,27-86H2,1-2H3,(H,97,98)(H,99,100)/b19-17-,20-18-,23-21?,24-22?,26-25?. The Balaban J connectivity index is 4.79. The Bertz CT molecular complexity index is 2180. The molecule has 0 fully saturated rings. The van der Waals surface area contributed by atoms with Crippen LogP contribution in [0, 0.1) is 0 Å². The van der Waals surface area contributed by atoms with Gasteiger partial charge < -0.3 is 38.6 Å². The van der Waals surface area contributed by atoms with E-state index in [4.69, 9.17) is 38.6 Å². The van der Waals surface area contributed by atoms with Crippen LogP contribution in [0.3, 0.4) is 0 Å². The molecule has 0 aromatic carbocycles. The van der Waals surface area contributed by atoms with Crippen LogP contribution in [0.2, 0.25) is 0 Å². The van der Waals surface area contributed by atoms with Crippen LogP contribution in [0.25, 0.3) is 0 Å². The second kappa shape index (κ2) is 87.8. The van der Waals surface area contributed by atoms with Gasteiger partial charge in [-0.1, -0.05) is 293 Å². The molecule has 112 heavy (non-hydrogen) atoms. The highest BCUT2D eigenvalue weighted by Crippen LogP contribution is 2.19. The summed E-state index contributed by atoms with van der Waals surface area (Å²) in [5.74, 6) is -3.54. The third-order valence-corrected chi connectivity index (χ3v) is 20.6. The summed E-state index contributed by atoms with van der Waals surface area (Å²) in [5.41, 5.74) is 0. The van der Waals surface area contributed by atoms with Gasteiger partial charge in [0.25, 0.3) is 0 Å². The van der Waals surface area contributed by atoms with Gasteiger partial charge in [-0.15, -0.1) is 0 Å². The summed E-state index contributed by atoms with van der Waals surface area (Å²) in [5, 5.41) is 17.5. The first-order valence-electron chi connectivity index (χ1n) is 46.6. The van der Waals surface area contributed by atoms with Crippen LogP contribution < -0.4 is 0 Å². The van der Waals surface area contributed by atoms with Crippen LogP contribution in [0.15, 0.2) is 60.8 Å². The molecule has 0 aliphatic carbocycles. The highest BCUT2D eigenvalue weighted by molar-refractivity contribution is 5.72. The number of carbonyl (C=O) groups is 8. The molecule has 0 spiro atoms. The van der Waals surface area contributed by atoms with Gasteiger partial charge in [0.1, 0.15) is 26.4 Å². The molecule has 0 aliphatic heterocycles. The lowest BCUT2D eigenvalue weighted by Gasteiger charge is -2.18. The Labute approximate surface area is 684 Å². The zero-order valence-corrected chi connectivity index (χ0v) is 71.9. The van der Waals surface area contributed by atoms with E-state index < -0.39 is 24.1 Å². The molecule has 0 saturated carbocycles. The van der Waals surface area contributed by atoms with Crippen molar-refractivity contribution in [1.82, 2.24) is 0 Å². The van der Waals surface area contributed by atoms with Crippen LogP contribution in [0.5, 0.6) is 0 Å². The quantitative estimate of drug-likeness (QED) is 0.0249. The number of rotatable bonds is 88. The van der Waals surface area contributed by atoms with Gasteiger partial charge in [-0.25, -0.2) is 0 Å². The van der Waals surface area contributed by atoms with E-state index in [0.29, 0.717) is 25.7 Å². The largest absolute Gasteiger partial charge is 0.481 e. The Morgan fingerprint density at radius 3 is 0.509 bits per heavy atom. The number of allylic oxidation sites excluding steroid dienone is 10. The van der Waals surface area contributed by atoms with Gasteiger partial charge in [-0.2, -0.15) is 0 Å². The number of carboxylic acid groups (broad SMARTS) is 2. The first-order valence-corrected chi connectivity index (χ1v) is 46.6. The summed E-state index contributed by atoms with van der Waals surface area (Å²) < 4.78 is 33.9. The Kier molecular flexibility index (Phi) is 83.5. The van der Waals surface area contributed by atoms with Crippen molar-refractivity contribution in [3.05, 3.63) is 60.8 Å². The first kappa shape index (κ1) is 106. The molecule has 2 N–H and O–H groups in total. The van der Waals surface area contributed by atoms with Crippen LogP contribution in [0.4, 0.5) is 0 Å². The number of ether oxygens (including phenoxy) is 6. The predicted molar refractivity (Wildman–Crippen MR) is 459 cm³/mol. The topological polar surface area (TPSA) is 232 Å². The molecule has 648 valence electrons. The molecule has 0 rings (SSSR count). The number of aliphatic carboxylic acids is 2. The van der Waals surface area contributed by atoms with Crippen molar-refractivity contribution in [2.45, 2.75) is 476 Å². The van der Waals surface area contributed by atoms with Gasteiger partial charge in [0, 0.05) is 51.4 Å². The van der Waals surface area contributed by atoms with Crippen molar-refractivity contribution in [2.24, 2.45) is 0 Å². The zero-order valence-electron chi connectivity index (χ0n) is 71.9. The third kappa shape index (κ3) is 86.9. The molecule has 0 amide bonds. The Morgan fingerprint density at radius 2 is 0.339 bits per heavy atom. The zero-order chi connectivity index (χ0) is 81.4. The maximum absolute atomic E-state index is 13.1. The lowest BCUT2D eigenvalue weighted by molar-refractivity contribution is -0.167. The normalized spacial score (nSPS) is 12.3. The molecular weight excluding hydrogens is 1410 g/mol. The molecule has 0 aromatic rings. The Morgan fingerprint density at radius 1 is 0.196 bits per heavy atom. The highest BCUT2D eigenvalue weighted by Gasteiger charge is 2.22. The molecule has 0 bridgehead atoms. The number of hydrogen-bond acceptors (Lipinski definition) is 14. The maximum atomic E-state index is 13.1. The maximum Gasteiger partial charge on any atom is 0.306 e. The molecular formula is C96H168O16. The second-order valence-electron chi connectivity index (χ2n) is 31.7. The first-order chi connectivity index (χ1) is 54.9. The van der Waals surface area contributed by atoms with E-state index in [1.54, 1.807) is 0 Å². The monoisotopic (exact) mass is 1580 g/mol. The van der Waals surface area contributed by atoms with Gasteiger partial charge in [0.2, 0.25) is 0 Å². The lowest BCUT2D eigenvalue weighted by atomic mass is 10.1. The van der Waals surface area contributed by atoms with Crippen LogP contribution in [0.1, 0.15) is 463 Å². The van der Waals surface area contributed by atoms with E-state index in [1.165, 1.54) is 89.9 Å². The van der Waals surface area contributed by atoms with Crippen molar-refractivity contribution in [1.29, 1.82) is 0 Å². The van der Waals surface area contributed by atoms with Gasteiger partial charge in [0.15, 0.2) is 12.2 Å². The second-order valence-corrected chi connectivity index (χ2v) is 31.7. The molecule has 0 radical (unpaired) electrons. The fraction of sp³-hybridized carbons (Fsp3) is 0.812. The van der Waals surface area contributed by atoms with Crippen LogP contribution in [-0.2, 0) is 66.8 Å². The van der Waals surface area contributed by atoms with Crippen LogP contribution in [-0.4, -0.2) is 96.6 Å². The average molecular weight is 1580 g/mol. The predicted octanol–water partition coefficient (Wildman–Crippen LogP) is 27.3. The summed E-state index contributed by atoms with van der Waals surface area (Å²) >= 11 is 0. The summed E-state index contributed by atoms with van der Waals surface area (Å²) in [6.07, 6.45) is 89.5. The van der Waals surface area contributed by atoms with Gasteiger partial charge >= 0.3 is 47.8 Å². The molecule has 0 aliphatic rings. The van der Waals surface area contributed by atoms with E-state index in [9.17, 15) is 38.4 Å². The van der Waals surface area contributed by atoms with E-state index in [-0.39, 0.29) is 101 Å². The number of carbonyl (C=O) groups excluding carboxylic acids is 6. The van der Waals surface area contributed by atoms with E-state index in [0.717, 1.165) is 295 Å². The van der Waals surface area contributed by atoms with E-state index in [2.05, 4.69) is 74.6 Å². The third-order valence-electron chi connectivity index (χ3n) is 20.6.